The van der Waals surface area contributed by atoms with Gasteiger partial charge >= 0.3 is 0 Å². The van der Waals surface area contributed by atoms with E-state index in [-0.39, 0.29) is 22.8 Å². The first-order valence-electron chi connectivity index (χ1n) is 7.51. The fourth-order valence-corrected chi connectivity index (χ4v) is 2.48. The Balaban J connectivity index is 2.58. The van der Waals surface area contributed by atoms with Gasteiger partial charge < -0.3 is 15.3 Å². The van der Waals surface area contributed by atoms with Gasteiger partial charge in [-0.2, -0.15) is 0 Å². The molecule has 0 saturated carbocycles. The van der Waals surface area contributed by atoms with Gasteiger partial charge in [0.1, 0.15) is 0 Å². The average molecular weight is 300 g/mol. The zero-order valence-electron chi connectivity index (χ0n) is 13.8. The van der Waals surface area contributed by atoms with E-state index in [0.717, 1.165) is 5.56 Å². The molecule has 0 unspecified atom stereocenters. The lowest BCUT2D eigenvalue weighted by Gasteiger charge is -2.20. The summed E-state index contributed by atoms with van der Waals surface area (Å²) in [6.45, 7) is 10.3. The van der Waals surface area contributed by atoms with Crippen molar-refractivity contribution >= 4 is 0 Å². The van der Waals surface area contributed by atoms with Crippen LogP contribution < -0.4 is 0 Å². The van der Waals surface area contributed by atoms with E-state index in [1.54, 1.807) is 6.07 Å². The molecule has 0 aliphatic rings. The molecule has 0 spiro atoms. The number of rotatable bonds is 2. The summed E-state index contributed by atoms with van der Waals surface area (Å²) >= 11 is 0. The van der Waals surface area contributed by atoms with E-state index in [1.807, 2.05) is 38.1 Å². The SMILES string of the molecule is CC(C)c1cc(-c2ccc(C(C)(C)C)cc2)c(O)c(O)c1O. The molecule has 3 N–H and O–H groups in total. The smallest absolute Gasteiger partial charge is 0.201 e. The summed E-state index contributed by atoms with van der Waals surface area (Å²) in [6, 6.07) is 9.63. The van der Waals surface area contributed by atoms with Crippen LogP contribution in [0.1, 0.15) is 51.7 Å². The topological polar surface area (TPSA) is 60.7 Å². The molecule has 0 fully saturated rings. The lowest BCUT2D eigenvalue weighted by molar-refractivity contribution is 0.365. The van der Waals surface area contributed by atoms with Gasteiger partial charge in [0.05, 0.1) is 0 Å². The third kappa shape index (κ3) is 2.89. The normalized spacial score (nSPS) is 11.9. The fourth-order valence-electron chi connectivity index (χ4n) is 2.48. The molecule has 22 heavy (non-hydrogen) atoms. The van der Waals surface area contributed by atoms with Crippen molar-refractivity contribution in [1.29, 1.82) is 0 Å². The molecule has 0 radical (unpaired) electrons. The van der Waals surface area contributed by atoms with Crippen molar-refractivity contribution in [3.05, 3.63) is 41.5 Å². The Bertz CT molecular complexity index is 677. The molecule has 0 aliphatic carbocycles. The van der Waals surface area contributed by atoms with Crippen molar-refractivity contribution in [1.82, 2.24) is 0 Å². The Kier molecular flexibility index (Phi) is 4.10. The summed E-state index contributed by atoms with van der Waals surface area (Å²) in [4.78, 5) is 0. The minimum Gasteiger partial charge on any atom is -0.504 e. The van der Waals surface area contributed by atoms with Crippen molar-refractivity contribution in [3.63, 3.8) is 0 Å². The predicted molar refractivity (Wildman–Crippen MR) is 89.7 cm³/mol. The summed E-state index contributed by atoms with van der Waals surface area (Å²) in [5.41, 5.74) is 3.20. The molecular weight excluding hydrogens is 276 g/mol. The van der Waals surface area contributed by atoms with Gasteiger partial charge in [-0.05, 0) is 28.5 Å². The van der Waals surface area contributed by atoms with E-state index >= 15 is 0 Å². The molecule has 0 amide bonds. The standard InChI is InChI=1S/C19H24O3/c1-11(2)14-10-15(17(21)18(22)16(14)20)12-6-8-13(9-7-12)19(3,4)5/h6-11,20-22H,1-5H3. The number of phenolic OH excluding ortho intramolecular Hbond substituents is 3. The maximum atomic E-state index is 10.2. The van der Waals surface area contributed by atoms with Gasteiger partial charge in [-0.15, -0.1) is 0 Å². The Morgan fingerprint density at radius 3 is 1.82 bits per heavy atom. The molecule has 0 aromatic heterocycles. The van der Waals surface area contributed by atoms with Gasteiger partial charge in [-0.25, -0.2) is 0 Å². The maximum Gasteiger partial charge on any atom is 0.201 e. The molecule has 2 aromatic rings. The number of hydrogen-bond donors (Lipinski definition) is 3. The lowest BCUT2D eigenvalue weighted by Crippen LogP contribution is -2.10. The van der Waals surface area contributed by atoms with Crippen molar-refractivity contribution < 1.29 is 15.3 Å². The molecule has 2 rings (SSSR count). The highest BCUT2D eigenvalue weighted by molar-refractivity contribution is 5.77. The number of phenols is 3. The summed E-state index contributed by atoms with van der Waals surface area (Å²) in [5, 5.41) is 30.1. The molecule has 3 nitrogen and oxygen atoms in total. The lowest BCUT2D eigenvalue weighted by atomic mass is 9.86. The van der Waals surface area contributed by atoms with E-state index in [1.165, 1.54) is 5.56 Å². The van der Waals surface area contributed by atoms with Crippen LogP contribution in [0.15, 0.2) is 30.3 Å². The highest BCUT2D eigenvalue weighted by Gasteiger charge is 2.20. The van der Waals surface area contributed by atoms with Gasteiger partial charge in [-0.3, -0.25) is 0 Å². The van der Waals surface area contributed by atoms with Gasteiger partial charge in [0.15, 0.2) is 11.5 Å². The summed E-state index contributed by atoms with van der Waals surface area (Å²) in [6.07, 6.45) is 0. The first-order chi connectivity index (χ1) is 10.1. The van der Waals surface area contributed by atoms with Gasteiger partial charge in [-0.1, -0.05) is 58.9 Å². The van der Waals surface area contributed by atoms with E-state index in [0.29, 0.717) is 11.1 Å². The molecule has 0 bridgehead atoms. The van der Waals surface area contributed by atoms with E-state index in [4.69, 9.17) is 0 Å². The number of benzene rings is 2. The molecule has 0 saturated heterocycles. The largest absolute Gasteiger partial charge is 0.504 e. The van der Waals surface area contributed by atoms with Gasteiger partial charge in [0.25, 0.3) is 0 Å². The Hall–Kier alpha value is -2.16. The highest BCUT2D eigenvalue weighted by atomic mass is 16.3. The van der Waals surface area contributed by atoms with Gasteiger partial charge in [0, 0.05) is 11.1 Å². The maximum absolute atomic E-state index is 10.2. The van der Waals surface area contributed by atoms with Crippen LogP contribution in [0.2, 0.25) is 0 Å². The van der Waals surface area contributed by atoms with Crippen LogP contribution in [-0.2, 0) is 5.41 Å². The van der Waals surface area contributed by atoms with Crippen LogP contribution in [0, 0.1) is 0 Å². The van der Waals surface area contributed by atoms with E-state index < -0.39 is 5.75 Å². The van der Waals surface area contributed by atoms with Crippen LogP contribution in [-0.4, -0.2) is 15.3 Å². The first-order valence-corrected chi connectivity index (χ1v) is 7.51. The van der Waals surface area contributed by atoms with Crippen LogP contribution in [0.5, 0.6) is 17.2 Å². The second kappa shape index (κ2) is 5.56. The van der Waals surface area contributed by atoms with Crippen molar-refractivity contribution in [2.24, 2.45) is 0 Å². The minimum absolute atomic E-state index is 0.0408. The fraction of sp³-hybridized carbons (Fsp3) is 0.368. The number of aromatic hydroxyl groups is 3. The second-order valence-electron chi connectivity index (χ2n) is 7.04. The third-order valence-corrected chi connectivity index (χ3v) is 3.96. The molecular formula is C19H24O3. The summed E-state index contributed by atoms with van der Waals surface area (Å²) < 4.78 is 0. The van der Waals surface area contributed by atoms with E-state index in [2.05, 4.69) is 20.8 Å². The minimum atomic E-state index is -0.457. The Morgan fingerprint density at radius 1 is 0.818 bits per heavy atom. The monoisotopic (exact) mass is 300 g/mol. The van der Waals surface area contributed by atoms with Crippen molar-refractivity contribution in [3.8, 4) is 28.4 Å². The van der Waals surface area contributed by atoms with Crippen molar-refractivity contribution in [2.45, 2.75) is 46.0 Å². The summed E-state index contributed by atoms with van der Waals surface area (Å²) in [5.74, 6) is -0.951. The zero-order chi connectivity index (χ0) is 16.7. The van der Waals surface area contributed by atoms with E-state index in [9.17, 15) is 15.3 Å². The first kappa shape index (κ1) is 16.2. The van der Waals surface area contributed by atoms with Crippen LogP contribution in [0.3, 0.4) is 0 Å². The Labute approximate surface area is 131 Å². The van der Waals surface area contributed by atoms with Crippen molar-refractivity contribution in [2.75, 3.05) is 0 Å². The quantitative estimate of drug-likeness (QED) is 0.692. The molecule has 0 aliphatic heterocycles. The summed E-state index contributed by atoms with van der Waals surface area (Å²) in [7, 11) is 0. The van der Waals surface area contributed by atoms with Crippen LogP contribution in [0.4, 0.5) is 0 Å². The number of hydrogen-bond acceptors (Lipinski definition) is 3. The van der Waals surface area contributed by atoms with Gasteiger partial charge in [0.2, 0.25) is 5.75 Å². The van der Waals surface area contributed by atoms with Crippen LogP contribution >= 0.6 is 0 Å². The predicted octanol–water partition coefficient (Wildman–Crippen LogP) is 4.89. The molecule has 0 heterocycles. The van der Waals surface area contributed by atoms with Crippen LogP contribution in [0.25, 0.3) is 11.1 Å². The zero-order valence-corrected chi connectivity index (χ0v) is 13.8. The third-order valence-electron chi connectivity index (χ3n) is 3.96. The molecule has 3 heteroatoms. The molecule has 0 atom stereocenters. The highest BCUT2D eigenvalue weighted by Crippen LogP contribution is 2.46. The molecule has 2 aromatic carbocycles. The average Bonchev–Trinajstić information content (AvgIpc) is 2.44. The molecule has 118 valence electrons. The second-order valence-corrected chi connectivity index (χ2v) is 7.04. The Morgan fingerprint density at radius 2 is 1.36 bits per heavy atom.